The minimum Gasteiger partial charge on any atom is -0.357 e. The summed E-state index contributed by atoms with van der Waals surface area (Å²) < 4.78 is 0. The van der Waals surface area contributed by atoms with Gasteiger partial charge in [0.2, 0.25) is 0 Å². The van der Waals surface area contributed by atoms with Crippen LogP contribution in [0, 0.1) is 0 Å². The molecular weight excluding hydrogens is 465 g/mol. The number of nitrogens with zero attached hydrogens (tertiary/aromatic N) is 2. The van der Waals surface area contributed by atoms with Gasteiger partial charge in [-0.25, -0.2) is 4.99 Å². The second kappa shape index (κ2) is 14.6. The summed E-state index contributed by atoms with van der Waals surface area (Å²) in [5.41, 5.74) is 1.74. The highest BCUT2D eigenvalue weighted by Crippen LogP contribution is 2.06. The highest BCUT2D eigenvalue weighted by Gasteiger charge is 2.12. The number of hydrogen-bond donors (Lipinski definition) is 3. The molecule has 0 bridgehead atoms. The van der Waals surface area contributed by atoms with E-state index in [2.05, 4.69) is 60.5 Å². The van der Waals surface area contributed by atoms with Crippen LogP contribution in [0.3, 0.4) is 0 Å². The zero-order valence-electron chi connectivity index (χ0n) is 18.2. The number of guanidine groups is 1. The summed E-state index contributed by atoms with van der Waals surface area (Å²) in [4.78, 5) is 18.7. The number of rotatable bonds is 10. The van der Waals surface area contributed by atoms with Gasteiger partial charge < -0.3 is 16.0 Å². The normalized spacial score (nSPS) is 11.5. The van der Waals surface area contributed by atoms with Gasteiger partial charge in [-0.05, 0) is 58.7 Å². The summed E-state index contributed by atoms with van der Waals surface area (Å²) >= 11 is 0. The zero-order valence-corrected chi connectivity index (χ0v) is 20.5. The monoisotopic (exact) mass is 503 g/mol. The van der Waals surface area contributed by atoms with Gasteiger partial charge in [-0.3, -0.25) is 9.69 Å². The Morgan fingerprint density at radius 1 is 1.07 bits per heavy atom. The van der Waals surface area contributed by atoms with Crippen molar-refractivity contribution in [3.05, 3.63) is 35.4 Å². The summed E-state index contributed by atoms with van der Waals surface area (Å²) in [5.74, 6) is 0.755. The summed E-state index contributed by atoms with van der Waals surface area (Å²) in [6.07, 6.45) is 1.07. The predicted molar refractivity (Wildman–Crippen MR) is 130 cm³/mol. The Hall–Kier alpha value is -1.35. The van der Waals surface area contributed by atoms with Gasteiger partial charge in [0.1, 0.15) is 0 Å². The van der Waals surface area contributed by atoms with Gasteiger partial charge in [-0.15, -0.1) is 24.0 Å². The van der Waals surface area contributed by atoms with Crippen molar-refractivity contribution in [2.24, 2.45) is 4.99 Å². The molecule has 3 N–H and O–H groups in total. The summed E-state index contributed by atoms with van der Waals surface area (Å²) in [6, 6.07) is 8.67. The van der Waals surface area contributed by atoms with Crippen LogP contribution in [-0.4, -0.2) is 55.5 Å². The molecule has 160 valence electrons. The third-order valence-corrected chi connectivity index (χ3v) is 4.42. The van der Waals surface area contributed by atoms with Crippen LogP contribution in [0.15, 0.2) is 29.3 Å². The SMILES string of the molecule is CCNC(=NCc1ccc(C(=O)NC)cc1)NCCCN(C(C)C)C(C)C.I. The van der Waals surface area contributed by atoms with Gasteiger partial charge in [-0.2, -0.15) is 0 Å². The van der Waals surface area contributed by atoms with Crippen LogP contribution in [-0.2, 0) is 6.54 Å². The van der Waals surface area contributed by atoms with Crippen LogP contribution in [0.25, 0.3) is 0 Å². The van der Waals surface area contributed by atoms with Gasteiger partial charge in [-0.1, -0.05) is 12.1 Å². The Labute approximate surface area is 188 Å². The van der Waals surface area contributed by atoms with Gasteiger partial charge >= 0.3 is 0 Å². The highest BCUT2D eigenvalue weighted by atomic mass is 127. The van der Waals surface area contributed by atoms with E-state index >= 15 is 0 Å². The maximum absolute atomic E-state index is 11.6. The number of carbonyl (C=O) groups is 1. The Balaban J connectivity index is 0.00000729. The fourth-order valence-corrected chi connectivity index (χ4v) is 3.00. The van der Waals surface area contributed by atoms with E-state index in [4.69, 9.17) is 0 Å². The fraction of sp³-hybridized carbons (Fsp3) is 0.619. The third kappa shape index (κ3) is 9.73. The van der Waals surface area contributed by atoms with E-state index in [-0.39, 0.29) is 29.9 Å². The maximum Gasteiger partial charge on any atom is 0.251 e. The number of amides is 1. The van der Waals surface area contributed by atoms with E-state index in [1.807, 2.05) is 24.3 Å². The standard InChI is InChI=1S/C21H37N5O.HI/c1-7-23-21(24-13-8-14-26(16(2)3)17(4)5)25-15-18-9-11-19(12-10-18)20(27)22-6;/h9-12,16-17H,7-8,13-15H2,1-6H3,(H,22,27)(H2,23,24,25);1H. The molecule has 1 aromatic rings. The lowest BCUT2D eigenvalue weighted by Gasteiger charge is -2.30. The van der Waals surface area contributed by atoms with Crippen molar-refractivity contribution in [3.8, 4) is 0 Å². The third-order valence-electron chi connectivity index (χ3n) is 4.42. The van der Waals surface area contributed by atoms with Crippen LogP contribution in [0.2, 0.25) is 0 Å². The molecule has 0 heterocycles. The summed E-state index contributed by atoms with van der Waals surface area (Å²) in [5, 5.41) is 9.33. The Morgan fingerprint density at radius 2 is 1.68 bits per heavy atom. The molecule has 1 aromatic carbocycles. The average molecular weight is 503 g/mol. The minimum absolute atomic E-state index is 0. The molecule has 1 amide bonds. The molecule has 0 unspecified atom stereocenters. The number of aliphatic imine (C=N–C) groups is 1. The first-order valence-electron chi connectivity index (χ1n) is 9.98. The largest absolute Gasteiger partial charge is 0.357 e. The maximum atomic E-state index is 11.6. The molecule has 7 heteroatoms. The Morgan fingerprint density at radius 3 is 2.18 bits per heavy atom. The lowest BCUT2D eigenvalue weighted by molar-refractivity contribution is 0.0963. The zero-order chi connectivity index (χ0) is 20.2. The Bertz CT molecular complexity index is 579. The number of nitrogens with one attached hydrogen (secondary N) is 3. The molecule has 0 atom stereocenters. The molecule has 0 aliphatic rings. The predicted octanol–water partition coefficient (Wildman–Crippen LogP) is 3.23. The highest BCUT2D eigenvalue weighted by molar-refractivity contribution is 14.0. The van der Waals surface area contributed by atoms with Gasteiger partial charge in [0, 0.05) is 44.3 Å². The summed E-state index contributed by atoms with van der Waals surface area (Å²) in [7, 11) is 1.64. The number of hydrogen-bond acceptors (Lipinski definition) is 3. The molecule has 6 nitrogen and oxygen atoms in total. The average Bonchev–Trinajstić information content (AvgIpc) is 2.64. The first kappa shape index (κ1) is 26.6. The van der Waals surface area contributed by atoms with Crippen molar-refractivity contribution in [2.45, 2.75) is 59.7 Å². The van der Waals surface area contributed by atoms with Gasteiger partial charge in [0.15, 0.2) is 5.96 Å². The van der Waals surface area contributed by atoms with E-state index in [0.717, 1.165) is 37.6 Å². The molecule has 0 aromatic heterocycles. The van der Waals surface area contributed by atoms with Crippen molar-refractivity contribution in [1.82, 2.24) is 20.9 Å². The van der Waals surface area contributed by atoms with E-state index < -0.39 is 0 Å². The molecule has 0 fully saturated rings. The smallest absolute Gasteiger partial charge is 0.251 e. The first-order chi connectivity index (χ1) is 12.9. The molecule has 1 rings (SSSR count). The first-order valence-corrected chi connectivity index (χ1v) is 9.98. The van der Waals surface area contributed by atoms with Gasteiger partial charge in [0.25, 0.3) is 5.91 Å². The van der Waals surface area contributed by atoms with Crippen molar-refractivity contribution in [1.29, 1.82) is 0 Å². The molecule has 0 aliphatic carbocycles. The van der Waals surface area contributed by atoms with E-state index in [0.29, 0.717) is 24.2 Å². The van der Waals surface area contributed by atoms with E-state index in [1.165, 1.54) is 0 Å². The topological polar surface area (TPSA) is 68.8 Å². The van der Waals surface area contributed by atoms with E-state index in [1.54, 1.807) is 7.05 Å². The fourth-order valence-electron chi connectivity index (χ4n) is 3.00. The second-order valence-electron chi connectivity index (χ2n) is 7.18. The second-order valence-corrected chi connectivity index (χ2v) is 7.18. The lowest BCUT2D eigenvalue weighted by atomic mass is 10.1. The minimum atomic E-state index is -0.0723. The molecule has 0 spiro atoms. The quantitative estimate of drug-likeness (QED) is 0.199. The van der Waals surface area contributed by atoms with Crippen molar-refractivity contribution >= 4 is 35.8 Å². The van der Waals surface area contributed by atoms with Crippen LogP contribution in [0.1, 0.15) is 57.0 Å². The molecule has 0 radical (unpaired) electrons. The molecule has 0 saturated carbocycles. The van der Waals surface area contributed by atoms with Crippen LogP contribution in [0.4, 0.5) is 0 Å². The van der Waals surface area contributed by atoms with Gasteiger partial charge in [0.05, 0.1) is 6.54 Å². The number of benzene rings is 1. The molecule has 0 saturated heterocycles. The van der Waals surface area contributed by atoms with Crippen molar-refractivity contribution in [2.75, 3.05) is 26.7 Å². The summed E-state index contributed by atoms with van der Waals surface area (Å²) in [6.45, 7) is 14.4. The van der Waals surface area contributed by atoms with E-state index in [9.17, 15) is 4.79 Å². The molecular formula is C21H38IN5O. The van der Waals surface area contributed by atoms with Crippen LogP contribution in [0.5, 0.6) is 0 Å². The Kier molecular flexibility index (Phi) is 13.9. The van der Waals surface area contributed by atoms with Crippen molar-refractivity contribution in [3.63, 3.8) is 0 Å². The molecule has 0 aliphatic heterocycles. The number of halogens is 1. The van der Waals surface area contributed by atoms with Crippen LogP contribution < -0.4 is 16.0 Å². The number of carbonyl (C=O) groups excluding carboxylic acids is 1. The van der Waals surface area contributed by atoms with Crippen LogP contribution >= 0.6 is 24.0 Å². The molecule has 28 heavy (non-hydrogen) atoms. The lowest BCUT2D eigenvalue weighted by Crippen LogP contribution is -2.41. The van der Waals surface area contributed by atoms with Crippen molar-refractivity contribution < 1.29 is 4.79 Å².